The van der Waals surface area contributed by atoms with Gasteiger partial charge < -0.3 is 15.4 Å². The number of aromatic nitrogens is 1. The molecule has 0 saturated carbocycles. The van der Waals surface area contributed by atoms with Crippen molar-refractivity contribution < 1.29 is 4.74 Å². The van der Waals surface area contributed by atoms with E-state index in [1.54, 1.807) is 25.5 Å². The van der Waals surface area contributed by atoms with Crippen molar-refractivity contribution >= 4 is 41.3 Å². The first-order valence-electron chi connectivity index (χ1n) is 8.03. The fourth-order valence-corrected chi connectivity index (χ4v) is 2.89. The van der Waals surface area contributed by atoms with Gasteiger partial charge in [0.25, 0.3) is 0 Å². The van der Waals surface area contributed by atoms with E-state index >= 15 is 0 Å². The minimum absolute atomic E-state index is 0. The van der Waals surface area contributed by atoms with Crippen LogP contribution in [0.1, 0.15) is 19.5 Å². The maximum Gasteiger partial charge on any atom is 0.191 e. The second-order valence-corrected chi connectivity index (χ2v) is 6.93. The number of benzene rings is 1. The summed E-state index contributed by atoms with van der Waals surface area (Å²) in [7, 11) is 3.48. The van der Waals surface area contributed by atoms with Crippen molar-refractivity contribution in [3.8, 4) is 10.6 Å². The Hall–Kier alpha value is -1.19. The van der Waals surface area contributed by atoms with Gasteiger partial charge in [0.2, 0.25) is 0 Å². The standard InChI is InChI=1S/C18H26N4OS.HI/c1-18(2,23-4)13-21-17(19-3)20-11-10-15-12-24-16(22-15)14-8-6-5-7-9-14;/h5-9,12H,10-11,13H2,1-4H3,(H2,19,20,21);1H. The molecule has 0 amide bonds. The van der Waals surface area contributed by atoms with Gasteiger partial charge >= 0.3 is 0 Å². The molecular formula is C18H27IN4OS. The van der Waals surface area contributed by atoms with Crippen molar-refractivity contribution in [1.29, 1.82) is 0 Å². The SMILES string of the molecule is CN=C(NCCc1csc(-c2ccccc2)n1)NCC(C)(C)OC.I. The molecule has 0 fully saturated rings. The van der Waals surface area contributed by atoms with Crippen LogP contribution in [0.25, 0.3) is 10.6 Å². The molecule has 25 heavy (non-hydrogen) atoms. The van der Waals surface area contributed by atoms with E-state index in [-0.39, 0.29) is 29.6 Å². The second kappa shape index (κ2) is 10.7. The maximum absolute atomic E-state index is 5.40. The molecule has 2 aromatic rings. The molecule has 2 rings (SSSR count). The Morgan fingerprint density at radius 3 is 2.60 bits per heavy atom. The fraction of sp³-hybridized carbons (Fsp3) is 0.444. The van der Waals surface area contributed by atoms with Crippen LogP contribution >= 0.6 is 35.3 Å². The fourth-order valence-electron chi connectivity index (χ4n) is 2.03. The summed E-state index contributed by atoms with van der Waals surface area (Å²) in [5.74, 6) is 0.777. The molecule has 0 bridgehead atoms. The van der Waals surface area contributed by atoms with Crippen LogP contribution in [0.4, 0.5) is 0 Å². The van der Waals surface area contributed by atoms with Crippen molar-refractivity contribution in [3.63, 3.8) is 0 Å². The van der Waals surface area contributed by atoms with Crippen LogP contribution in [0.3, 0.4) is 0 Å². The van der Waals surface area contributed by atoms with Crippen molar-refractivity contribution in [1.82, 2.24) is 15.6 Å². The molecule has 0 atom stereocenters. The van der Waals surface area contributed by atoms with Gasteiger partial charge in [-0.05, 0) is 13.8 Å². The number of thiazole rings is 1. The number of nitrogens with zero attached hydrogens (tertiary/aromatic N) is 2. The van der Waals surface area contributed by atoms with E-state index in [0.717, 1.165) is 29.6 Å². The van der Waals surface area contributed by atoms with Crippen LogP contribution in [-0.4, -0.2) is 43.8 Å². The summed E-state index contributed by atoms with van der Waals surface area (Å²) in [5, 5.41) is 9.77. The predicted octanol–water partition coefficient (Wildman–Crippen LogP) is 3.56. The molecule has 0 saturated heterocycles. The minimum Gasteiger partial charge on any atom is -0.377 e. The third-order valence-corrected chi connectivity index (χ3v) is 4.64. The molecule has 0 aliphatic heterocycles. The normalized spacial score (nSPS) is 11.8. The van der Waals surface area contributed by atoms with Gasteiger partial charge in [-0.15, -0.1) is 35.3 Å². The third kappa shape index (κ3) is 7.29. The molecule has 1 aromatic heterocycles. The first-order chi connectivity index (χ1) is 11.5. The summed E-state index contributed by atoms with van der Waals surface area (Å²) >= 11 is 1.68. The van der Waals surface area contributed by atoms with E-state index in [0.29, 0.717) is 6.54 Å². The van der Waals surface area contributed by atoms with Crippen molar-refractivity contribution in [2.75, 3.05) is 27.2 Å². The molecule has 0 spiro atoms. The van der Waals surface area contributed by atoms with E-state index in [2.05, 4.69) is 33.1 Å². The molecule has 138 valence electrons. The zero-order valence-corrected chi connectivity index (χ0v) is 18.4. The number of aliphatic imine (C=N–C) groups is 1. The molecule has 7 heteroatoms. The molecular weight excluding hydrogens is 447 g/mol. The Balaban J connectivity index is 0.00000312. The summed E-state index contributed by atoms with van der Waals surface area (Å²) in [4.78, 5) is 8.93. The summed E-state index contributed by atoms with van der Waals surface area (Å²) in [6, 6.07) is 10.3. The highest BCUT2D eigenvalue weighted by molar-refractivity contribution is 14.0. The van der Waals surface area contributed by atoms with E-state index in [1.807, 2.05) is 32.0 Å². The number of methoxy groups -OCH3 is 1. The van der Waals surface area contributed by atoms with Crippen LogP contribution in [0.5, 0.6) is 0 Å². The maximum atomic E-state index is 5.40. The number of nitrogens with one attached hydrogen (secondary N) is 2. The van der Waals surface area contributed by atoms with Crippen LogP contribution in [0, 0.1) is 0 Å². The van der Waals surface area contributed by atoms with Gasteiger partial charge in [0, 0.05) is 44.6 Å². The van der Waals surface area contributed by atoms with Gasteiger partial charge in [-0.3, -0.25) is 4.99 Å². The summed E-state index contributed by atoms with van der Waals surface area (Å²) in [6.45, 7) is 5.55. The van der Waals surface area contributed by atoms with Crippen LogP contribution in [0.2, 0.25) is 0 Å². The quantitative estimate of drug-likeness (QED) is 0.366. The van der Waals surface area contributed by atoms with Gasteiger partial charge in [0.15, 0.2) is 5.96 Å². The Kier molecular flexibility index (Phi) is 9.37. The van der Waals surface area contributed by atoms with Gasteiger partial charge in [0.1, 0.15) is 5.01 Å². The topological polar surface area (TPSA) is 58.5 Å². The Morgan fingerprint density at radius 2 is 1.96 bits per heavy atom. The largest absolute Gasteiger partial charge is 0.377 e. The lowest BCUT2D eigenvalue weighted by atomic mass is 10.1. The summed E-state index contributed by atoms with van der Waals surface area (Å²) in [5.41, 5.74) is 2.04. The Bertz CT molecular complexity index is 658. The van der Waals surface area contributed by atoms with Gasteiger partial charge in [0.05, 0.1) is 11.3 Å². The number of hydrogen-bond donors (Lipinski definition) is 2. The lowest BCUT2D eigenvalue weighted by molar-refractivity contribution is 0.0268. The average molecular weight is 474 g/mol. The number of hydrogen-bond acceptors (Lipinski definition) is 4. The van der Waals surface area contributed by atoms with E-state index in [1.165, 1.54) is 5.56 Å². The van der Waals surface area contributed by atoms with Crippen LogP contribution in [-0.2, 0) is 11.2 Å². The first kappa shape index (κ1) is 21.9. The average Bonchev–Trinajstić information content (AvgIpc) is 3.07. The van der Waals surface area contributed by atoms with Crippen molar-refractivity contribution in [3.05, 3.63) is 41.4 Å². The van der Waals surface area contributed by atoms with Crippen LogP contribution in [0.15, 0.2) is 40.7 Å². The highest BCUT2D eigenvalue weighted by Crippen LogP contribution is 2.23. The molecule has 1 aromatic carbocycles. The minimum atomic E-state index is -0.225. The van der Waals surface area contributed by atoms with Gasteiger partial charge in [-0.2, -0.15) is 0 Å². The van der Waals surface area contributed by atoms with Gasteiger partial charge in [-0.25, -0.2) is 4.98 Å². The van der Waals surface area contributed by atoms with E-state index in [4.69, 9.17) is 9.72 Å². The van der Waals surface area contributed by atoms with E-state index in [9.17, 15) is 0 Å². The molecule has 2 N–H and O–H groups in total. The molecule has 1 heterocycles. The Morgan fingerprint density at radius 1 is 1.24 bits per heavy atom. The highest BCUT2D eigenvalue weighted by Gasteiger charge is 2.16. The summed E-state index contributed by atoms with van der Waals surface area (Å²) in [6.07, 6.45) is 0.859. The first-order valence-corrected chi connectivity index (χ1v) is 8.91. The molecule has 5 nitrogen and oxygen atoms in total. The van der Waals surface area contributed by atoms with Crippen molar-refractivity contribution in [2.24, 2.45) is 4.99 Å². The molecule has 0 unspecified atom stereocenters. The molecule has 0 aliphatic carbocycles. The van der Waals surface area contributed by atoms with Crippen molar-refractivity contribution in [2.45, 2.75) is 25.9 Å². The number of halogens is 1. The molecule has 0 radical (unpaired) electrons. The highest BCUT2D eigenvalue weighted by atomic mass is 127. The van der Waals surface area contributed by atoms with Crippen LogP contribution < -0.4 is 10.6 Å². The number of rotatable bonds is 7. The second-order valence-electron chi connectivity index (χ2n) is 6.08. The Labute approximate surface area is 171 Å². The number of ether oxygens (including phenoxy) is 1. The predicted molar refractivity (Wildman–Crippen MR) is 117 cm³/mol. The molecule has 0 aliphatic rings. The number of guanidine groups is 1. The zero-order chi connectivity index (χ0) is 17.4. The zero-order valence-electron chi connectivity index (χ0n) is 15.2. The smallest absolute Gasteiger partial charge is 0.191 e. The van der Waals surface area contributed by atoms with E-state index < -0.39 is 0 Å². The van der Waals surface area contributed by atoms with Gasteiger partial charge in [-0.1, -0.05) is 30.3 Å². The lowest BCUT2D eigenvalue weighted by Crippen LogP contribution is -2.45. The monoisotopic (exact) mass is 474 g/mol. The summed E-state index contributed by atoms with van der Waals surface area (Å²) < 4.78 is 5.40. The third-order valence-electron chi connectivity index (χ3n) is 3.70. The lowest BCUT2D eigenvalue weighted by Gasteiger charge is -2.24.